The second-order valence-corrected chi connectivity index (χ2v) is 27.0. The van der Waals surface area contributed by atoms with Gasteiger partial charge in [0, 0.05) is 78.6 Å². The second kappa shape index (κ2) is 32.7. The van der Waals surface area contributed by atoms with E-state index >= 15 is 0 Å². The monoisotopic (exact) mass is 1090 g/mol. The van der Waals surface area contributed by atoms with E-state index < -0.39 is 50.6 Å². The maximum Gasteiger partial charge on any atom is 0.168 e. The number of aliphatic hydroxyl groups is 1. The zero-order chi connectivity index (χ0) is 53.7. The highest BCUT2D eigenvalue weighted by molar-refractivity contribution is 7.86. The molecule has 0 atom stereocenters. The molecule has 0 aliphatic carbocycles. The van der Waals surface area contributed by atoms with Crippen molar-refractivity contribution in [2.75, 3.05) is 137 Å². The molecular weight excluding hydrogens is 1000 g/mol. The molecule has 3 rings (SSSR count). The van der Waals surface area contributed by atoms with Crippen LogP contribution in [0.15, 0.2) is 60.9 Å². The van der Waals surface area contributed by atoms with Crippen LogP contribution in [-0.4, -0.2) is 225 Å². The predicted molar refractivity (Wildman–Crippen MR) is 261 cm³/mol. The van der Waals surface area contributed by atoms with Gasteiger partial charge in [-0.25, -0.2) is 46.7 Å². The van der Waals surface area contributed by atoms with Crippen molar-refractivity contribution >= 4 is 50.6 Å². The molecule has 1 aromatic heterocycles. The van der Waals surface area contributed by atoms with Gasteiger partial charge in [-0.05, 0) is 26.2 Å². The molecule has 2 aromatic rings. The van der Waals surface area contributed by atoms with Gasteiger partial charge in [-0.15, -0.1) is 0 Å². The van der Waals surface area contributed by atoms with Gasteiger partial charge in [0.1, 0.15) is 19.6 Å². The fraction of sp³-hybridized carbons (Fsp3) is 0.744. The number of aliphatic hydroxyl groups excluding tert-OH is 1. The largest absolute Gasteiger partial charge is 0.748 e. The van der Waals surface area contributed by atoms with Crippen molar-refractivity contribution in [2.45, 2.75) is 71.4 Å². The minimum absolute atomic E-state index is 0.0666. The third kappa shape index (κ3) is 47.8. The Bertz CT molecular complexity index is 2250. The summed E-state index contributed by atoms with van der Waals surface area (Å²) >= 11 is 0. The van der Waals surface area contributed by atoms with E-state index in [1.165, 1.54) is 24.8 Å². The molecule has 1 fully saturated rings. The molecular formula is C43H83N5O16S5. The van der Waals surface area contributed by atoms with Crippen molar-refractivity contribution in [1.82, 2.24) is 0 Å². The highest BCUT2D eigenvalue weighted by Gasteiger charge is 2.24. The van der Waals surface area contributed by atoms with Crippen LogP contribution in [0.2, 0.25) is 0 Å². The van der Waals surface area contributed by atoms with E-state index in [4.69, 9.17) is 5.11 Å². The quantitative estimate of drug-likeness (QED) is 0.0812. The number of likely N-dealkylation sites (tertiary alicyclic amines) is 1. The van der Waals surface area contributed by atoms with Gasteiger partial charge in [0.15, 0.2) is 12.4 Å². The molecule has 2 heterocycles. The first kappa shape index (κ1) is 68.8. The minimum atomic E-state index is -4.08. The Morgan fingerprint density at radius 2 is 0.899 bits per heavy atom. The molecule has 1 aliphatic heterocycles. The third-order valence-corrected chi connectivity index (χ3v) is 15.0. The number of aryl methyl sites for hydroxylation is 1. The van der Waals surface area contributed by atoms with Gasteiger partial charge in [0.05, 0.1) is 152 Å². The van der Waals surface area contributed by atoms with Crippen LogP contribution < -0.4 is 4.57 Å². The molecule has 0 saturated carbocycles. The summed E-state index contributed by atoms with van der Waals surface area (Å²) in [5.41, 5.74) is 1.21. The van der Waals surface area contributed by atoms with E-state index in [1.807, 2.05) is 115 Å². The molecule has 21 nitrogen and oxygen atoms in total. The summed E-state index contributed by atoms with van der Waals surface area (Å²) in [6, 6.07) is 15.6. The summed E-state index contributed by atoms with van der Waals surface area (Å²) in [6.07, 6.45) is 9.46. The summed E-state index contributed by atoms with van der Waals surface area (Å²) in [7, 11) is -6.25. The lowest BCUT2D eigenvalue weighted by Gasteiger charge is -2.37. The van der Waals surface area contributed by atoms with E-state index in [0.29, 0.717) is 67.2 Å². The van der Waals surface area contributed by atoms with Gasteiger partial charge in [0.2, 0.25) is 0 Å². The Labute approximate surface area is 415 Å². The summed E-state index contributed by atoms with van der Waals surface area (Å²) < 4.78 is 160. The molecule has 1 N–H and O–H groups in total. The predicted octanol–water partition coefficient (Wildman–Crippen LogP) is 0.668. The fourth-order valence-corrected chi connectivity index (χ4v) is 9.25. The Morgan fingerprint density at radius 3 is 1.30 bits per heavy atom. The average molecular weight is 1090 g/mol. The van der Waals surface area contributed by atoms with Crippen LogP contribution in [0.3, 0.4) is 0 Å². The number of nitrogens with zero attached hydrogens (tertiary/aromatic N) is 5. The zero-order valence-electron chi connectivity index (χ0n) is 42.1. The molecule has 0 unspecified atom stereocenters. The first-order valence-electron chi connectivity index (χ1n) is 22.9. The van der Waals surface area contributed by atoms with Crippen molar-refractivity contribution in [3.63, 3.8) is 0 Å². The molecule has 26 heteroatoms. The van der Waals surface area contributed by atoms with E-state index in [1.54, 1.807) is 0 Å². The molecule has 69 heavy (non-hydrogen) atoms. The lowest BCUT2D eigenvalue weighted by Crippen LogP contribution is -2.48. The van der Waals surface area contributed by atoms with Crippen LogP contribution in [0.1, 0.15) is 63.9 Å². The summed E-state index contributed by atoms with van der Waals surface area (Å²) in [5.74, 6) is -1.34. The summed E-state index contributed by atoms with van der Waals surface area (Å²) in [4.78, 5) is 0. The minimum Gasteiger partial charge on any atom is -0.748 e. The van der Waals surface area contributed by atoms with Crippen LogP contribution in [0.25, 0.3) is 0 Å². The molecule has 0 radical (unpaired) electrons. The number of hydrogen-bond donors (Lipinski definition) is 1. The second-order valence-electron chi connectivity index (χ2n) is 19.4. The molecule has 0 spiro atoms. The topological polar surface area (TPSA) is 310 Å². The smallest absolute Gasteiger partial charge is 0.168 e. The molecule has 1 saturated heterocycles. The van der Waals surface area contributed by atoms with Crippen molar-refractivity contribution in [3.05, 3.63) is 66.5 Å². The van der Waals surface area contributed by atoms with Crippen molar-refractivity contribution in [1.29, 1.82) is 0 Å². The van der Waals surface area contributed by atoms with Crippen LogP contribution in [0.4, 0.5) is 0 Å². The Kier molecular flexibility index (Phi) is 32.6. The van der Waals surface area contributed by atoms with Crippen LogP contribution in [-0.2, 0) is 63.7 Å². The highest BCUT2D eigenvalue weighted by Crippen LogP contribution is 2.17. The van der Waals surface area contributed by atoms with Crippen molar-refractivity contribution in [2.24, 2.45) is 0 Å². The molecule has 0 bridgehead atoms. The van der Waals surface area contributed by atoms with Crippen molar-refractivity contribution < 1.29 is 92.5 Å². The number of hydrogen-bond acceptors (Lipinski definition) is 16. The Morgan fingerprint density at radius 1 is 0.522 bits per heavy atom. The van der Waals surface area contributed by atoms with Crippen LogP contribution in [0.5, 0.6) is 0 Å². The standard InChI is InChI=1S/C12H19NO3S.C9H19NO3S.C8H11NO3S.C7H17NO4S.C7H17NO3S/c1-13(2,9-6-10-17(14,15)16)11-12-7-4-3-5-8-12;1-10(6-3-2-4-7-10)8-5-9-14(11,12)13;10-13(11,12)8-4-7-9-5-2-1-3-6-9;1-8(2,5-6-9)4-3-7-13(10,11)12;1-4-8(2,3)6-5-7-12(9,10)11/h3-5,7-8H,6,9-11H2,1-2H3;2-9H2,1H3;1-3,5-6H,4,7-8H2;9H,3-7H2,1-2H3;4-7H2,1-3H3. The van der Waals surface area contributed by atoms with Gasteiger partial charge in [-0.2, -0.15) is 0 Å². The van der Waals surface area contributed by atoms with Gasteiger partial charge < -0.3 is 45.8 Å². The average Bonchev–Trinajstić information content (AvgIpc) is 3.17. The summed E-state index contributed by atoms with van der Waals surface area (Å²) in [6.45, 7) is 10.1. The Hall–Kier alpha value is -2.28. The number of pyridine rings is 1. The highest BCUT2D eigenvalue weighted by atomic mass is 32.2. The van der Waals surface area contributed by atoms with E-state index in [0.717, 1.165) is 48.2 Å². The summed E-state index contributed by atoms with van der Waals surface area (Å²) in [5, 5.41) is 8.67. The fourth-order valence-electron chi connectivity index (χ4n) is 6.83. The maximum atomic E-state index is 10.5. The van der Waals surface area contributed by atoms with Gasteiger partial charge in [0.25, 0.3) is 0 Å². The number of benzene rings is 1. The lowest BCUT2D eigenvalue weighted by molar-refractivity contribution is -0.914. The first-order valence-corrected chi connectivity index (χ1v) is 30.8. The third-order valence-electron chi connectivity index (χ3n) is 11.1. The van der Waals surface area contributed by atoms with Gasteiger partial charge in [-0.1, -0.05) is 36.4 Å². The lowest BCUT2D eigenvalue weighted by atomic mass is 10.1. The van der Waals surface area contributed by atoms with Gasteiger partial charge >= 0.3 is 0 Å². The number of aromatic nitrogens is 1. The number of quaternary nitrogens is 4. The van der Waals surface area contributed by atoms with Gasteiger partial charge in [-0.3, -0.25) is 0 Å². The van der Waals surface area contributed by atoms with E-state index in [9.17, 15) is 64.9 Å². The number of likely N-dealkylation sites (N-methyl/N-ethyl adjacent to an activating group) is 1. The molecule has 0 amide bonds. The first-order chi connectivity index (χ1) is 31.3. The van der Waals surface area contributed by atoms with E-state index in [2.05, 4.69) is 7.05 Å². The van der Waals surface area contributed by atoms with E-state index in [-0.39, 0.29) is 35.4 Å². The van der Waals surface area contributed by atoms with Crippen molar-refractivity contribution in [3.8, 4) is 0 Å². The molecule has 1 aliphatic rings. The molecule has 1 aromatic carbocycles. The molecule has 406 valence electrons. The normalized spacial score (nSPS) is 14.6. The number of rotatable bonds is 25. The van der Waals surface area contributed by atoms with Crippen LogP contribution >= 0.6 is 0 Å². The SMILES string of the molecule is CC[N+](C)(C)CCCS(=O)(=O)[O-].C[N+](C)(CCCS(=O)(=O)[O-])Cc1ccccc1.C[N+](C)(CCO)CCCS(=O)(=O)[O-].C[N+]1(CCCS(=O)(=O)[O-])CCCCC1.O=S(=O)([O-])CCC[n+]1ccccc1. The van der Waals surface area contributed by atoms with Crippen LogP contribution in [0, 0.1) is 0 Å². The Balaban J connectivity index is 0. The maximum absolute atomic E-state index is 10.5. The number of piperidine rings is 1. The zero-order valence-corrected chi connectivity index (χ0v) is 46.2.